The van der Waals surface area contributed by atoms with Crippen LogP contribution in [0.5, 0.6) is 0 Å². The zero-order valence-corrected chi connectivity index (χ0v) is 11.3. The quantitative estimate of drug-likeness (QED) is 0.769. The number of sulfonamides is 1. The minimum absolute atomic E-state index is 0.0849. The molecule has 0 spiro atoms. The first-order chi connectivity index (χ1) is 6.96. The van der Waals surface area contributed by atoms with Gasteiger partial charge in [-0.3, -0.25) is 4.79 Å². The summed E-state index contributed by atoms with van der Waals surface area (Å²) in [6.45, 7) is 7.87. The molecule has 0 saturated carbocycles. The number of hydrogen-bond donors (Lipinski definition) is 2. The molecule has 2 N–H and O–H groups in total. The predicted molar refractivity (Wildman–Crippen MR) is 62.7 cm³/mol. The van der Waals surface area contributed by atoms with Crippen molar-refractivity contribution in [2.24, 2.45) is 5.41 Å². The lowest BCUT2D eigenvalue weighted by Crippen LogP contribution is -2.46. The van der Waals surface area contributed by atoms with Gasteiger partial charge in [0.25, 0.3) is 0 Å². The van der Waals surface area contributed by atoms with Gasteiger partial charge in [0.15, 0.2) is 0 Å². The molecule has 0 bridgehead atoms. The maximum atomic E-state index is 11.7. The van der Waals surface area contributed by atoms with Crippen molar-refractivity contribution in [2.45, 2.75) is 45.8 Å². The van der Waals surface area contributed by atoms with Crippen LogP contribution in [-0.4, -0.2) is 30.8 Å². The van der Waals surface area contributed by atoms with Crippen LogP contribution in [-0.2, 0) is 14.8 Å². The highest BCUT2D eigenvalue weighted by molar-refractivity contribution is 7.90. The number of hydrogen-bond acceptors (Lipinski definition) is 3. The third-order valence-electron chi connectivity index (χ3n) is 2.76. The van der Waals surface area contributed by atoms with E-state index in [0.29, 0.717) is 6.42 Å². The smallest absolute Gasteiger partial charge is 0.310 e. The van der Waals surface area contributed by atoms with E-state index in [4.69, 9.17) is 5.11 Å². The third-order valence-corrected chi connectivity index (χ3v) is 4.89. The van der Waals surface area contributed by atoms with Crippen molar-refractivity contribution in [3.05, 3.63) is 0 Å². The largest absolute Gasteiger partial charge is 0.481 e. The first-order valence-corrected chi connectivity index (χ1v) is 6.67. The molecule has 0 aromatic carbocycles. The molecule has 0 amide bonds. The van der Waals surface area contributed by atoms with E-state index in [9.17, 15) is 13.2 Å². The van der Waals surface area contributed by atoms with Crippen molar-refractivity contribution in [1.29, 1.82) is 0 Å². The zero-order valence-electron chi connectivity index (χ0n) is 10.5. The van der Waals surface area contributed by atoms with Gasteiger partial charge in [-0.1, -0.05) is 6.92 Å². The van der Waals surface area contributed by atoms with Gasteiger partial charge in [0.1, 0.15) is 0 Å². The van der Waals surface area contributed by atoms with E-state index in [2.05, 4.69) is 4.72 Å². The molecule has 0 aromatic heterocycles. The van der Waals surface area contributed by atoms with E-state index < -0.39 is 26.2 Å². The summed E-state index contributed by atoms with van der Waals surface area (Å²) in [5.41, 5.74) is -1.06. The van der Waals surface area contributed by atoms with Gasteiger partial charge in [-0.25, -0.2) is 13.1 Å². The van der Waals surface area contributed by atoms with Gasteiger partial charge in [0.05, 0.1) is 10.2 Å². The van der Waals surface area contributed by atoms with E-state index in [1.165, 1.54) is 6.92 Å². The summed E-state index contributed by atoms with van der Waals surface area (Å²) in [5.74, 6) is -0.994. The van der Waals surface area contributed by atoms with Crippen LogP contribution >= 0.6 is 0 Å². The van der Waals surface area contributed by atoms with Crippen LogP contribution in [0.1, 0.15) is 41.0 Å². The number of carbonyl (C=O) groups is 1. The SMILES string of the molecule is CCC(C)(CNS(=O)(=O)C(C)(C)C)C(=O)O. The van der Waals surface area contributed by atoms with Gasteiger partial charge in [-0.2, -0.15) is 0 Å². The molecule has 0 saturated heterocycles. The van der Waals surface area contributed by atoms with Crippen molar-refractivity contribution in [3.63, 3.8) is 0 Å². The molecular weight excluding hydrogens is 230 g/mol. The van der Waals surface area contributed by atoms with E-state index >= 15 is 0 Å². The fourth-order valence-electron chi connectivity index (χ4n) is 0.823. The van der Waals surface area contributed by atoms with Gasteiger partial charge < -0.3 is 5.11 Å². The van der Waals surface area contributed by atoms with Crippen LogP contribution in [0.4, 0.5) is 0 Å². The summed E-state index contributed by atoms with van der Waals surface area (Å²) in [5, 5.41) is 9.00. The maximum Gasteiger partial charge on any atom is 0.310 e. The molecular formula is C10H21NO4S. The van der Waals surface area contributed by atoms with Crippen LogP contribution in [0.25, 0.3) is 0 Å². The summed E-state index contributed by atoms with van der Waals surface area (Å²) in [6, 6.07) is 0. The zero-order chi connectivity index (χ0) is 13.2. The topological polar surface area (TPSA) is 83.5 Å². The highest BCUT2D eigenvalue weighted by atomic mass is 32.2. The normalized spacial score (nSPS) is 16.8. The van der Waals surface area contributed by atoms with Crippen LogP contribution in [0.3, 0.4) is 0 Å². The monoisotopic (exact) mass is 251 g/mol. The third kappa shape index (κ3) is 3.45. The van der Waals surface area contributed by atoms with Crippen molar-refractivity contribution in [3.8, 4) is 0 Å². The second-order valence-electron chi connectivity index (χ2n) is 5.16. The van der Waals surface area contributed by atoms with Crippen molar-refractivity contribution >= 4 is 16.0 Å². The minimum atomic E-state index is -3.49. The van der Waals surface area contributed by atoms with E-state index in [0.717, 1.165) is 0 Å². The average molecular weight is 251 g/mol. The second-order valence-corrected chi connectivity index (χ2v) is 7.68. The summed E-state index contributed by atoms with van der Waals surface area (Å²) < 4.78 is 24.9. The molecule has 0 aliphatic heterocycles. The lowest BCUT2D eigenvalue weighted by Gasteiger charge is -2.26. The molecule has 6 heteroatoms. The Kier molecular flexibility index (Phi) is 4.53. The Balaban J connectivity index is 4.76. The van der Waals surface area contributed by atoms with Gasteiger partial charge in [-0.15, -0.1) is 0 Å². The molecule has 0 aliphatic rings. The van der Waals surface area contributed by atoms with E-state index in [1.807, 2.05) is 0 Å². The van der Waals surface area contributed by atoms with E-state index in [1.54, 1.807) is 27.7 Å². The fraction of sp³-hybridized carbons (Fsp3) is 0.900. The number of nitrogens with one attached hydrogen (secondary N) is 1. The highest BCUT2D eigenvalue weighted by Gasteiger charge is 2.35. The molecule has 0 radical (unpaired) electrons. The Bertz CT molecular complexity index is 356. The van der Waals surface area contributed by atoms with E-state index in [-0.39, 0.29) is 6.54 Å². The number of carboxylic acid groups (broad SMARTS) is 1. The Hall–Kier alpha value is -0.620. The summed E-state index contributed by atoms with van der Waals surface area (Å²) in [7, 11) is -3.49. The average Bonchev–Trinajstić information content (AvgIpc) is 2.12. The lowest BCUT2D eigenvalue weighted by molar-refractivity contribution is -0.147. The predicted octanol–water partition coefficient (Wildman–Crippen LogP) is 1.21. The fourth-order valence-corrected chi connectivity index (χ4v) is 1.76. The summed E-state index contributed by atoms with van der Waals surface area (Å²) >= 11 is 0. The second kappa shape index (κ2) is 4.71. The van der Waals surface area contributed by atoms with Crippen molar-refractivity contribution in [2.75, 3.05) is 6.54 Å². The molecule has 0 heterocycles. The number of aliphatic carboxylic acids is 1. The van der Waals surface area contributed by atoms with Gasteiger partial charge in [0.2, 0.25) is 10.0 Å². The Labute approximate surface area is 97.3 Å². The van der Waals surface area contributed by atoms with Gasteiger partial charge >= 0.3 is 5.97 Å². The van der Waals surface area contributed by atoms with Crippen LogP contribution in [0, 0.1) is 5.41 Å². The number of carboxylic acids is 1. The highest BCUT2D eigenvalue weighted by Crippen LogP contribution is 2.22. The Morgan fingerprint density at radius 2 is 1.69 bits per heavy atom. The first kappa shape index (κ1) is 15.4. The first-order valence-electron chi connectivity index (χ1n) is 5.19. The molecule has 5 nitrogen and oxygen atoms in total. The summed E-state index contributed by atoms with van der Waals surface area (Å²) in [4.78, 5) is 11.0. The van der Waals surface area contributed by atoms with Crippen LogP contribution in [0.2, 0.25) is 0 Å². The Morgan fingerprint density at radius 3 is 1.94 bits per heavy atom. The standard InChI is InChI=1S/C10H21NO4S/c1-6-10(5,8(12)13)7-11-16(14,15)9(2,3)4/h11H,6-7H2,1-5H3,(H,12,13). The van der Waals surface area contributed by atoms with Crippen molar-refractivity contribution < 1.29 is 18.3 Å². The van der Waals surface area contributed by atoms with Crippen LogP contribution in [0.15, 0.2) is 0 Å². The molecule has 0 rings (SSSR count). The molecule has 1 atom stereocenters. The molecule has 0 aromatic rings. The molecule has 0 aliphatic carbocycles. The molecule has 1 unspecified atom stereocenters. The maximum absolute atomic E-state index is 11.7. The number of rotatable bonds is 5. The van der Waals surface area contributed by atoms with Gasteiger partial charge in [0, 0.05) is 6.54 Å². The molecule has 96 valence electrons. The minimum Gasteiger partial charge on any atom is -0.481 e. The van der Waals surface area contributed by atoms with Crippen LogP contribution < -0.4 is 4.72 Å². The Morgan fingerprint density at radius 1 is 1.25 bits per heavy atom. The van der Waals surface area contributed by atoms with Gasteiger partial charge in [-0.05, 0) is 34.1 Å². The lowest BCUT2D eigenvalue weighted by atomic mass is 9.88. The molecule has 0 fully saturated rings. The van der Waals surface area contributed by atoms with Crippen molar-refractivity contribution in [1.82, 2.24) is 4.72 Å². The summed E-state index contributed by atoms with van der Waals surface area (Å²) in [6.07, 6.45) is 0.370. The molecule has 16 heavy (non-hydrogen) atoms.